The minimum Gasteiger partial charge on any atom is -0.504 e. The number of carbonyl (C=O) groups excluding carboxylic acids is 1. The standard InChI is InChI=1S/C19H19N7O4/c1-13-24-25(19(29)26(13)22-11-14-5-7-20-8-6-14)12-18(28)23-21-10-15-3-4-17(30-2)16(27)9-15/h3-11,27H,12H2,1-2H3,(H,23,28)/b21-10+,22-11+. The van der Waals surface area contributed by atoms with Crippen molar-refractivity contribution in [1.29, 1.82) is 0 Å². The Balaban J connectivity index is 1.63. The van der Waals surface area contributed by atoms with E-state index in [2.05, 4.69) is 25.7 Å². The van der Waals surface area contributed by atoms with Gasteiger partial charge in [-0.2, -0.15) is 20.0 Å². The normalized spacial score (nSPS) is 11.3. The number of nitrogens with zero attached hydrogens (tertiary/aromatic N) is 6. The number of aryl methyl sites for hydroxylation is 1. The maximum atomic E-state index is 12.4. The van der Waals surface area contributed by atoms with Crippen LogP contribution in [0.15, 0.2) is 57.7 Å². The van der Waals surface area contributed by atoms with Gasteiger partial charge in [0.25, 0.3) is 5.91 Å². The van der Waals surface area contributed by atoms with E-state index in [-0.39, 0.29) is 12.3 Å². The van der Waals surface area contributed by atoms with Crippen molar-refractivity contribution in [3.8, 4) is 11.5 Å². The first-order valence-electron chi connectivity index (χ1n) is 8.77. The van der Waals surface area contributed by atoms with Gasteiger partial charge in [-0.1, -0.05) is 0 Å². The Morgan fingerprint density at radius 3 is 2.70 bits per heavy atom. The number of phenolic OH excluding ortho intramolecular Hbond substituents is 1. The Morgan fingerprint density at radius 1 is 1.23 bits per heavy atom. The summed E-state index contributed by atoms with van der Waals surface area (Å²) in [7, 11) is 1.44. The van der Waals surface area contributed by atoms with Gasteiger partial charge in [-0.3, -0.25) is 9.78 Å². The number of benzene rings is 1. The van der Waals surface area contributed by atoms with Crippen LogP contribution in [0.2, 0.25) is 0 Å². The quantitative estimate of drug-likeness (QED) is 0.431. The Hall–Kier alpha value is -4.28. The first-order valence-corrected chi connectivity index (χ1v) is 8.77. The lowest BCUT2D eigenvalue weighted by molar-refractivity contribution is -0.121. The van der Waals surface area contributed by atoms with E-state index in [9.17, 15) is 14.7 Å². The highest BCUT2D eigenvalue weighted by molar-refractivity contribution is 5.83. The molecular weight excluding hydrogens is 390 g/mol. The predicted octanol–water partition coefficient (Wildman–Crippen LogP) is 0.495. The number of aromatic nitrogens is 4. The minimum absolute atomic E-state index is 0.0485. The smallest absolute Gasteiger partial charge is 0.367 e. The van der Waals surface area contributed by atoms with Crippen molar-refractivity contribution >= 4 is 18.3 Å². The van der Waals surface area contributed by atoms with Crippen molar-refractivity contribution in [2.24, 2.45) is 10.2 Å². The molecule has 0 radical (unpaired) electrons. The lowest BCUT2D eigenvalue weighted by Crippen LogP contribution is -2.31. The third kappa shape index (κ3) is 4.95. The Bertz CT molecular complexity index is 1150. The van der Waals surface area contributed by atoms with E-state index >= 15 is 0 Å². The molecule has 0 unspecified atom stereocenters. The molecule has 0 aliphatic heterocycles. The molecule has 1 amide bonds. The Kier molecular flexibility index (Phi) is 6.33. The maximum absolute atomic E-state index is 12.4. The zero-order valence-corrected chi connectivity index (χ0v) is 16.3. The van der Waals surface area contributed by atoms with Crippen LogP contribution in [-0.4, -0.2) is 50.0 Å². The van der Waals surface area contributed by atoms with E-state index in [1.54, 1.807) is 43.6 Å². The lowest BCUT2D eigenvalue weighted by atomic mass is 10.2. The van der Waals surface area contributed by atoms with Gasteiger partial charge in [-0.05, 0) is 48.4 Å². The van der Waals surface area contributed by atoms with Crippen molar-refractivity contribution in [2.45, 2.75) is 13.5 Å². The molecule has 11 heteroatoms. The molecule has 0 spiro atoms. The molecule has 3 rings (SSSR count). The summed E-state index contributed by atoms with van der Waals surface area (Å²) >= 11 is 0. The van der Waals surface area contributed by atoms with E-state index < -0.39 is 11.6 Å². The van der Waals surface area contributed by atoms with Crippen molar-refractivity contribution in [2.75, 3.05) is 7.11 Å². The highest BCUT2D eigenvalue weighted by Crippen LogP contribution is 2.25. The number of nitrogens with one attached hydrogen (secondary N) is 1. The number of hydrazone groups is 1. The average Bonchev–Trinajstić information content (AvgIpc) is 3.00. The fourth-order valence-electron chi connectivity index (χ4n) is 2.45. The summed E-state index contributed by atoms with van der Waals surface area (Å²) in [6, 6.07) is 8.14. The van der Waals surface area contributed by atoms with Crippen LogP contribution >= 0.6 is 0 Å². The fraction of sp³-hybridized carbons (Fsp3) is 0.158. The molecule has 0 fully saturated rings. The van der Waals surface area contributed by atoms with Crippen molar-refractivity contribution < 1.29 is 14.6 Å². The first kappa shape index (κ1) is 20.5. The minimum atomic E-state index is -0.558. The van der Waals surface area contributed by atoms with Crippen molar-refractivity contribution in [3.05, 3.63) is 70.2 Å². The summed E-state index contributed by atoms with van der Waals surface area (Å²) in [4.78, 5) is 28.4. The zero-order chi connectivity index (χ0) is 21.5. The van der Waals surface area contributed by atoms with Crippen LogP contribution in [0.25, 0.3) is 0 Å². The SMILES string of the molecule is COc1ccc(/C=N/NC(=O)Cn2nc(C)n(/N=C/c3ccncc3)c2=O)cc1O. The number of amides is 1. The van der Waals surface area contributed by atoms with Gasteiger partial charge >= 0.3 is 5.69 Å². The van der Waals surface area contributed by atoms with E-state index in [0.29, 0.717) is 17.1 Å². The summed E-state index contributed by atoms with van der Waals surface area (Å²) in [5.74, 6) is 0.0601. The average molecular weight is 409 g/mol. The monoisotopic (exact) mass is 409 g/mol. The van der Waals surface area contributed by atoms with Gasteiger partial charge in [0.1, 0.15) is 6.54 Å². The van der Waals surface area contributed by atoms with Crippen LogP contribution in [0.1, 0.15) is 17.0 Å². The van der Waals surface area contributed by atoms with Gasteiger partial charge in [-0.25, -0.2) is 14.9 Å². The number of pyridine rings is 1. The number of aromatic hydroxyl groups is 1. The van der Waals surface area contributed by atoms with Crippen molar-refractivity contribution in [1.82, 2.24) is 24.9 Å². The number of phenols is 1. The molecule has 2 N–H and O–H groups in total. The second kappa shape index (κ2) is 9.28. The van der Waals surface area contributed by atoms with E-state index in [1.165, 1.54) is 25.6 Å². The first-order chi connectivity index (χ1) is 14.5. The molecule has 0 aliphatic rings. The van der Waals surface area contributed by atoms with E-state index in [4.69, 9.17) is 4.74 Å². The van der Waals surface area contributed by atoms with Crippen LogP contribution in [0, 0.1) is 6.92 Å². The summed E-state index contributed by atoms with van der Waals surface area (Å²) < 4.78 is 7.04. The summed E-state index contributed by atoms with van der Waals surface area (Å²) in [6.07, 6.45) is 6.07. The molecule has 2 aromatic heterocycles. The number of rotatable bonds is 7. The van der Waals surface area contributed by atoms with Gasteiger partial charge in [0.15, 0.2) is 17.3 Å². The van der Waals surface area contributed by atoms with Crippen molar-refractivity contribution in [3.63, 3.8) is 0 Å². The summed E-state index contributed by atoms with van der Waals surface area (Å²) in [6.45, 7) is 1.27. The molecule has 0 aliphatic carbocycles. The van der Waals surface area contributed by atoms with Crippen LogP contribution < -0.4 is 15.9 Å². The molecule has 0 saturated heterocycles. The fourth-order valence-corrected chi connectivity index (χ4v) is 2.45. The third-order valence-corrected chi connectivity index (χ3v) is 3.90. The van der Waals surface area contributed by atoms with Crippen LogP contribution in [0.4, 0.5) is 0 Å². The third-order valence-electron chi connectivity index (χ3n) is 3.90. The molecule has 2 heterocycles. The molecule has 1 aromatic carbocycles. The Labute approximate surface area is 171 Å². The second-order valence-corrected chi connectivity index (χ2v) is 6.05. The molecule has 0 saturated carbocycles. The van der Waals surface area contributed by atoms with E-state index in [1.807, 2.05) is 0 Å². The maximum Gasteiger partial charge on any atom is 0.367 e. The molecule has 0 atom stereocenters. The van der Waals surface area contributed by atoms with Crippen LogP contribution in [0.5, 0.6) is 11.5 Å². The number of hydrogen-bond donors (Lipinski definition) is 2. The largest absolute Gasteiger partial charge is 0.504 e. The Morgan fingerprint density at radius 2 is 2.00 bits per heavy atom. The lowest BCUT2D eigenvalue weighted by Gasteiger charge is -2.03. The number of methoxy groups -OCH3 is 1. The summed E-state index contributed by atoms with van der Waals surface area (Å²) in [5.41, 5.74) is 3.06. The summed E-state index contributed by atoms with van der Waals surface area (Å²) in [5, 5.41) is 21.7. The molecule has 30 heavy (non-hydrogen) atoms. The number of ether oxygens (including phenoxy) is 1. The van der Waals surface area contributed by atoms with Gasteiger partial charge < -0.3 is 9.84 Å². The molecular formula is C19H19N7O4. The molecule has 3 aromatic rings. The van der Waals surface area contributed by atoms with E-state index in [0.717, 1.165) is 14.9 Å². The van der Waals surface area contributed by atoms with Gasteiger partial charge in [-0.15, -0.1) is 0 Å². The van der Waals surface area contributed by atoms with Crippen LogP contribution in [-0.2, 0) is 11.3 Å². The molecule has 154 valence electrons. The van der Waals surface area contributed by atoms with Crippen LogP contribution in [0.3, 0.4) is 0 Å². The second-order valence-electron chi connectivity index (χ2n) is 6.05. The topological polar surface area (TPSA) is 136 Å². The zero-order valence-electron chi connectivity index (χ0n) is 16.3. The van der Waals surface area contributed by atoms with Gasteiger partial charge in [0.2, 0.25) is 0 Å². The highest BCUT2D eigenvalue weighted by Gasteiger charge is 2.12. The molecule has 11 nitrogen and oxygen atoms in total. The van der Waals surface area contributed by atoms with Gasteiger partial charge in [0.05, 0.1) is 19.5 Å². The molecule has 0 bridgehead atoms. The van der Waals surface area contributed by atoms with Gasteiger partial charge in [0, 0.05) is 12.4 Å². The highest BCUT2D eigenvalue weighted by atomic mass is 16.5. The number of hydrogen-bond acceptors (Lipinski definition) is 8. The number of carbonyl (C=O) groups is 1. The predicted molar refractivity (Wildman–Crippen MR) is 109 cm³/mol.